The van der Waals surface area contributed by atoms with Crippen LogP contribution in [0.1, 0.15) is 30.6 Å². The molecule has 0 aromatic heterocycles. The fraction of sp³-hybridized carbons (Fsp3) is 0.556. The first-order valence-electron chi connectivity index (χ1n) is 8.39. The van der Waals surface area contributed by atoms with Gasteiger partial charge in [0, 0.05) is 38.3 Å². The minimum atomic E-state index is 0.0756. The Hall–Kier alpha value is -1.88. The van der Waals surface area contributed by atoms with Crippen molar-refractivity contribution in [1.82, 2.24) is 15.1 Å². The molecule has 1 aliphatic heterocycles. The summed E-state index contributed by atoms with van der Waals surface area (Å²) in [4.78, 5) is 28.2. The van der Waals surface area contributed by atoms with Gasteiger partial charge in [0.25, 0.3) is 5.91 Å². The van der Waals surface area contributed by atoms with Crippen molar-refractivity contribution in [1.29, 1.82) is 0 Å². The summed E-state index contributed by atoms with van der Waals surface area (Å²) in [5.41, 5.74) is 0.729. The normalized spacial score (nSPS) is 15.7. The summed E-state index contributed by atoms with van der Waals surface area (Å²) in [6.45, 7) is 8.30. The Morgan fingerprint density at radius 1 is 1.09 bits per heavy atom. The summed E-state index contributed by atoms with van der Waals surface area (Å²) in [7, 11) is 0. The zero-order chi connectivity index (χ0) is 16.7. The van der Waals surface area contributed by atoms with Gasteiger partial charge in [-0.05, 0) is 24.5 Å². The third-order valence-electron chi connectivity index (χ3n) is 4.09. The average Bonchev–Trinajstić information content (AvgIpc) is 2.55. The molecule has 0 radical (unpaired) electrons. The molecule has 5 nitrogen and oxygen atoms in total. The van der Waals surface area contributed by atoms with Gasteiger partial charge in [0.15, 0.2) is 0 Å². The molecule has 1 aromatic rings. The van der Waals surface area contributed by atoms with E-state index >= 15 is 0 Å². The molecule has 126 valence electrons. The maximum Gasteiger partial charge on any atom is 0.253 e. The Morgan fingerprint density at radius 3 is 2.35 bits per heavy atom. The summed E-state index contributed by atoms with van der Waals surface area (Å²) < 4.78 is 0. The molecule has 1 N–H and O–H groups in total. The van der Waals surface area contributed by atoms with E-state index in [0.717, 1.165) is 31.6 Å². The van der Waals surface area contributed by atoms with E-state index < -0.39 is 0 Å². The van der Waals surface area contributed by atoms with Crippen LogP contribution in [0.3, 0.4) is 0 Å². The number of nitrogens with one attached hydrogen (secondary N) is 1. The van der Waals surface area contributed by atoms with Gasteiger partial charge in [-0.3, -0.25) is 14.5 Å². The van der Waals surface area contributed by atoms with Crippen LogP contribution in [0.15, 0.2) is 30.3 Å². The standard InChI is InChI=1S/C18H27N3O2/c1-15(2)8-9-19-17(22)14-20-10-12-21(13-11-20)18(23)16-6-4-3-5-7-16/h3-7,15H,8-14H2,1-2H3,(H,19,22). The van der Waals surface area contributed by atoms with Crippen molar-refractivity contribution in [3.05, 3.63) is 35.9 Å². The maximum atomic E-state index is 12.4. The molecule has 1 aliphatic rings. The monoisotopic (exact) mass is 317 g/mol. The van der Waals surface area contributed by atoms with E-state index in [1.54, 1.807) is 0 Å². The smallest absolute Gasteiger partial charge is 0.253 e. The zero-order valence-electron chi connectivity index (χ0n) is 14.1. The number of benzene rings is 1. The molecule has 2 amide bonds. The van der Waals surface area contributed by atoms with E-state index in [-0.39, 0.29) is 11.8 Å². The summed E-state index contributed by atoms with van der Waals surface area (Å²) in [5, 5.41) is 2.96. The topological polar surface area (TPSA) is 52.7 Å². The summed E-state index contributed by atoms with van der Waals surface area (Å²) in [5.74, 6) is 0.753. The molecule has 23 heavy (non-hydrogen) atoms. The van der Waals surface area contributed by atoms with Gasteiger partial charge in [0.1, 0.15) is 0 Å². The highest BCUT2D eigenvalue weighted by Gasteiger charge is 2.22. The fourth-order valence-corrected chi connectivity index (χ4v) is 2.63. The van der Waals surface area contributed by atoms with Gasteiger partial charge in [-0.25, -0.2) is 0 Å². The van der Waals surface area contributed by atoms with E-state index in [0.29, 0.717) is 25.6 Å². The number of nitrogens with zero attached hydrogens (tertiary/aromatic N) is 2. The lowest BCUT2D eigenvalue weighted by Crippen LogP contribution is -2.51. The van der Waals surface area contributed by atoms with Crippen LogP contribution in [0.4, 0.5) is 0 Å². The van der Waals surface area contributed by atoms with E-state index in [1.165, 1.54) is 0 Å². The van der Waals surface area contributed by atoms with Gasteiger partial charge in [0.2, 0.25) is 5.91 Å². The molecule has 0 spiro atoms. The number of amides is 2. The number of piperazine rings is 1. The first-order valence-corrected chi connectivity index (χ1v) is 8.39. The van der Waals surface area contributed by atoms with Crippen LogP contribution in [0.5, 0.6) is 0 Å². The van der Waals surface area contributed by atoms with Crippen molar-refractivity contribution in [2.45, 2.75) is 20.3 Å². The molecule has 5 heteroatoms. The second-order valence-corrected chi connectivity index (χ2v) is 6.47. The molecule has 0 unspecified atom stereocenters. The van der Waals surface area contributed by atoms with Crippen LogP contribution < -0.4 is 5.32 Å². The molecular formula is C18H27N3O2. The SMILES string of the molecule is CC(C)CCNC(=O)CN1CCN(C(=O)c2ccccc2)CC1. The maximum absolute atomic E-state index is 12.4. The lowest BCUT2D eigenvalue weighted by atomic mass is 10.1. The molecule has 2 rings (SSSR count). The van der Waals surface area contributed by atoms with Crippen molar-refractivity contribution >= 4 is 11.8 Å². The van der Waals surface area contributed by atoms with Crippen molar-refractivity contribution in [2.75, 3.05) is 39.3 Å². The number of rotatable bonds is 6. The first-order chi connectivity index (χ1) is 11.1. The minimum absolute atomic E-state index is 0.0756. The van der Waals surface area contributed by atoms with Crippen molar-refractivity contribution in [3.63, 3.8) is 0 Å². The van der Waals surface area contributed by atoms with Crippen molar-refractivity contribution in [2.24, 2.45) is 5.92 Å². The molecule has 1 aromatic carbocycles. The molecule has 0 atom stereocenters. The third-order valence-corrected chi connectivity index (χ3v) is 4.09. The first kappa shape index (κ1) is 17.5. The van der Waals surface area contributed by atoms with Crippen LogP contribution >= 0.6 is 0 Å². The third kappa shape index (κ3) is 5.67. The minimum Gasteiger partial charge on any atom is -0.355 e. The molecule has 1 heterocycles. The molecule has 1 saturated heterocycles. The van der Waals surface area contributed by atoms with Crippen molar-refractivity contribution < 1.29 is 9.59 Å². The van der Waals surface area contributed by atoms with Gasteiger partial charge >= 0.3 is 0 Å². The highest BCUT2D eigenvalue weighted by Crippen LogP contribution is 2.08. The molecule has 0 aliphatic carbocycles. The van der Waals surface area contributed by atoms with Crippen molar-refractivity contribution in [3.8, 4) is 0 Å². The molecule has 1 fully saturated rings. The van der Waals surface area contributed by atoms with Crippen LogP contribution in [0.2, 0.25) is 0 Å². The summed E-state index contributed by atoms with van der Waals surface area (Å²) >= 11 is 0. The Kier molecular flexibility index (Phi) is 6.59. The number of hydrogen-bond donors (Lipinski definition) is 1. The number of hydrogen-bond acceptors (Lipinski definition) is 3. The lowest BCUT2D eigenvalue weighted by Gasteiger charge is -2.34. The predicted octanol–water partition coefficient (Wildman–Crippen LogP) is 1.61. The number of carbonyl (C=O) groups excluding carboxylic acids is 2. The van der Waals surface area contributed by atoms with Crippen LogP contribution in [0.25, 0.3) is 0 Å². The van der Waals surface area contributed by atoms with Gasteiger partial charge < -0.3 is 10.2 Å². The quantitative estimate of drug-likeness (QED) is 0.867. The van der Waals surface area contributed by atoms with Crippen LogP contribution in [-0.4, -0.2) is 60.9 Å². The van der Waals surface area contributed by atoms with E-state index in [9.17, 15) is 9.59 Å². The van der Waals surface area contributed by atoms with Crippen LogP contribution in [0, 0.1) is 5.92 Å². The Balaban J connectivity index is 1.71. The van der Waals surface area contributed by atoms with E-state index in [1.807, 2.05) is 35.2 Å². The average molecular weight is 317 g/mol. The fourth-order valence-electron chi connectivity index (χ4n) is 2.63. The van der Waals surface area contributed by atoms with Gasteiger partial charge in [-0.1, -0.05) is 32.0 Å². The highest BCUT2D eigenvalue weighted by molar-refractivity contribution is 5.94. The van der Waals surface area contributed by atoms with E-state index in [4.69, 9.17) is 0 Å². The van der Waals surface area contributed by atoms with Gasteiger partial charge in [0.05, 0.1) is 6.54 Å². The Bertz CT molecular complexity index is 508. The highest BCUT2D eigenvalue weighted by atomic mass is 16.2. The second-order valence-electron chi connectivity index (χ2n) is 6.47. The predicted molar refractivity (Wildman–Crippen MR) is 91.3 cm³/mol. The molecular weight excluding hydrogens is 290 g/mol. The lowest BCUT2D eigenvalue weighted by molar-refractivity contribution is -0.122. The Labute approximate surface area is 138 Å². The molecule has 0 bridgehead atoms. The Morgan fingerprint density at radius 2 is 1.74 bits per heavy atom. The summed E-state index contributed by atoms with van der Waals surface area (Å²) in [6, 6.07) is 9.36. The van der Waals surface area contributed by atoms with Crippen LogP contribution in [-0.2, 0) is 4.79 Å². The second kappa shape index (κ2) is 8.67. The van der Waals surface area contributed by atoms with Gasteiger partial charge in [-0.2, -0.15) is 0 Å². The van der Waals surface area contributed by atoms with Gasteiger partial charge in [-0.15, -0.1) is 0 Å². The summed E-state index contributed by atoms with van der Waals surface area (Å²) in [6.07, 6.45) is 1.01. The largest absolute Gasteiger partial charge is 0.355 e. The zero-order valence-corrected chi connectivity index (χ0v) is 14.1. The van der Waals surface area contributed by atoms with E-state index in [2.05, 4.69) is 24.1 Å². The number of carbonyl (C=O) groups is 2. The molecule has 0 saturated carbocycles.